The van der Waals surface area contributed by atoms with Gasteiger partial charge in [0.1, 0.15) is 0 Å². The quantitative estimate of drug-likeness (QED) is 0.630. The lowest BCUT2D eigenvalue weighted by Gasteiger charge is -2.34. The van der Waals surface area contributed by atoms with Gasteiger partial charge >= 0.3 is 0 Å². The van der Waals surface area contributed by atoms with Crippen LogP contribution in [0.25, 0.3) is 0 Å². The SMILES string of the molecule is COOC1(S(=O)(=O)c2ccc(C)cc2)CCCCC1. The molecule has 0 aromatic heterocycles. The lowest BCUT2D eigenvalue weighted by Crippen LogP contribution is -2.43. The van der Waals surface area contributed by atoms with Crippen LogP contribution in [0.4, 0.5) is 0 Å². The highest BCUT2D eigenvalue weighted by Crippen LogP contribution is 2.40. The van der Waals surface area contributed by atoms with Crippen molar-refractivity contribution in [1.82, 2.24) is 0 Å². The summed E-state index contributed by atoms with van der Waals surface area (Å²) in [5, 5.41) is 0. The van der Waals surface area contributed by atoms with Crippen LogP contribution in [0.1, 0.15) is 37.7 Å². The number of hydrogen-bond acceptors (Lipinski definition) is 4. The maximum Gasteiger partial charge on any atom is 0.211 e. The highest BCUT2D eigenvalue weighted by Gasteiger charge is 2.47. The first kappa shape index (κ1) is 14.5. The summed E-state index contributed by atoms with van der Waals surface area (Å²) in [5.74, 6) is 0. The standard InChI is InChI=1S/C14H20O4S/c1-12-6-8-13(9-7-12)19(15,16)14(18-17-2)10-4-3-5-11-14/h6-9H,3-5,10-11H2,1-2H3. The molecule has 19 heavy (non-hydrogen) atoms. The first-order valence-corrected chi connectivity index (χ1v) is 8.03. The van der Waals surface area contributed by atoms with E-state index >= 15 is 0 Å². The molecule has 0 N–H and O–H groups in total. The second kappa shape index (κ2) is 5.61. The number of aryl methyl sites for hydroxylation is 1. The van der Waals surface area contributed by atoms with Crippen molar-refractivity contribution in [3.8, 4) is 0 Å². The Hall–Kier alpha value is -0.910. The molecule has 1 aromatic carbocycles. The van der Waals surface area contributed by atoms with E-state index in [1.54, 1.807) is 24.3 Å². The highest BCUT2D eigenvalue weighted by atomic mass is 32.2. The molecule has 0 amide bonds. The molecule has 1 fully saturated rings. The van der Waals surface area contributed by atoms with Crippen LogP contribution in [0.5, 0.6) is 0 Å². The van der Waals surface area contributed by atoms with Crippen LogP contribution >= 0.6 is 0 Å². The normalized spacial score (nSPS) is 19.3. The Morgan fingerprint density at radius 2 is 1.63 bits per heavy atom. The lowest BCUT2D eigenvalue weighted by molar-refractivity contribution is -0.324. The second-order valence-electron chi connectivity index (χ2n) is 5.04. The first-order chi connectivity index (χ1) is 9.02. The third-order valence-corrected chi connectivity index (χ3v) is 6.02. The molecule has 106 valence electrons. The van der Waals surface area contributed by atoms with Crippen molar-refractivity contribution in [2.24, 2.45) is 0 Å². The van der Waals surface area contributed by atoms with E-state index in [1.807, 2.05) is 6.92 Å². The van der Waals surface area contributed by atoms with E-state index in [4.69, 9.17) is 9.78 Å². The summed E-state index contributed by atoms with van der Waals surface area (Å²) in [4.78, 5) is 9.04. The van der Waals surface area contributed by atoms with Crippen molar-refractivity contribution < 1.29 is 18.2 Å². The largest absolute Gasteiger partial charge is 0.238 e. The summed E-state index contributed by atoms with van der Waals surface area (Å²) in [5.41, 5.74) is 1.03. The number of hydrogen-bond donors (Lipinski definition) is 0. The molecular formula is C14H20O4S. The third-order valence-electron chi connectivity index (χ3n) is 3.67. The predicted octanol–water partition coefficient (Wildman–Crippen LogP) is 3.01. The summed E-state index contributed by atoms with van der Waals surface area (Å²) in [6.07, 6.45) is 3.69. The second-order valence-corrected chi connectivity index (χ2v) is 7.26. The zero-order chi connectivity index (χ0) is 13.9. The van der Waals surface area contributed by atoms with Crippen molar-refractivity contribution in [2.75, 3.05) is 7.11 Å². The van der Waals surface area contributed by atoms with Gasteiger partial charge in [0.25, 0.3) is 0 Å². The van der Waals surface area contributed by atoms with Crippen LogP contribution < -0.4 is 0 Å². The zero-order valence-corrected chi connectivity index (χ0v) is 12.2. The van der Waals surface area contributed by atoms with E-state index in [-0.39, 0.29) is 0 Å². The van der Waals surface area contributed by atoms with Crippen LogP contribution in [-0.2, 0) is 19.6 Å². The van der Waals surface area contributed by atoms with Gasteiger partial charge in [-0.3, -0.25) is 0 Å². The molecule has 0 unspecified atom stereocenters. The van der Waals surface area contributed by atoms with Crippen molar-refractivity contribution in [2.45, 2.75) is 48.9 Å². The van der Waals surface area contributed by atoms with Crippen molar-refractivity contribution in [1.29, 1.82) is 0 Å². The van der Waals surface area contributed by atoms with Gasteiger partial charge in [-0.15, -0.1) is 0 Å². The summed E-state index contributed by atoms with van der Waals surface area (Å²) in [6.45, 7) is 1.93. The fourth-order valence-electron chi connectivity index (χ4n) is 2.57. The monoisotopic (exact) mass is 284 g/mol. The third kappa shape index (κ3) is 2.68. The highest BCUT2D eigenvalue weighted by molar-refractivity contribution is 7.92. The molecule has 0 bridgehead atoms. The minimum absolute atomic E-state index is 0.303. The van der Waals surface area contributed by atoms with Crippen molar-refractivity contribution in [3.63, 3.8) is 0 Å². The van der Waals surface area contributed by atoms with Crippen LogP contribution in [0, 0.1) is 6.92 Å². The van der Waals surface area contributed by atoms with Gasteiger partial charge in [-0.25, -0.2) is 18.2 Å². The Balaban J connectivity index is 2.42. The van der Waals surface area contributed by atoms with Gasteiger partial charge in [-0.05, 0) is 44.7 Å². The Morgan fingerprint density at radius 1 is 1.05 bits per heavy atom. The van der Waals surface area contributed by atoms with Gasteiger partial charge < -0.3 is 0 Å². The molecule has 0 radical (unpaired) electrons. The van der Waals surface area contributed by atoms with E-state index < -0.39 is 14.8 Å². The van der Waals surface area contributed by atoms with Gasteiger partial charge in [0, 0.05) is 0 Å². The van der Waals surface area contributed by atoms with Gasteiger partial charge in [0.2, 0.25) is 14.8 Å². The molecule has 4 nitrogen and oxygen atoms in total. The van der Waals surface area contributed by atoms with E-state index in [2.05, 4.69) is 0 Å². The Kier molecular flexibility index (Phi) is 4.28. The van der Waals surface area contributed by atoms with Crippen LogP contribution in [-0.4, -0.2) is 20.5 Å². The molecule has 1 aliphatic carbocycles. The average molecular weight is 284 g/mol. The van der Waals surface area contributed by atoms with Crippen LogP contribution in [0.3, 0.4) is 0 Å². The maximum atomic E-state index is 12.8. The zero-order valence-electron chi connectivity index (χ0n) is 11.4. The van der Waals surface area contributed by atoms with E-state index in [0.29, 0.717) is 17.7 Å². The molecule has 0 atom stereocenters. The first-order valence-electron chi connectivity index (χ1n) is 6.55. The molecule has 0 saturated heterocycles. The predicted molar refractivity (Wildman–Crippen MR) is 72.3 cm³/mol. The summed E-state index contributed by atoms with van der Waals surface area (Å²) >= 11 is 0. The van der Waals surface area contributed by atoms with Gasteiger partial charge in [-0.2, -0.15) is 0 Å². The summed E-state index contributed by atoms with van der Waals surface area (Å²) < 4.78 is 25.6. The topological polar surface area (TPSA) is 52.6 Å². The summed E-state index contributed by atoms with van der Waals surface area (Å²) in [7, 11) is -2.19. The molecule has 1 aromatic rings. The molecule has 0 heterocycles. The molecule has 0 aliphatic heterocycles. The summed E-state index contributed by atoms with van der Waals surface area (Å²) in [6, 6.07) is 6.88. The van der Waals surface area contributed by atoms with Crippen LogP contribution in [0.2, 0.25) is 0 Å². The molecule has 5 heteroatoms. The van der Waals surface area contributed by atoms with E-state index in [1.165, 1.54) is 7.11 Å². The molecular weight excluding hydrogens is 264 g/mol. The number of rotatable bonds is 4. The van der Waals surface area contributed by atoms with E-state index in [9.17, 15) is 8.42 Å². The average Bonchev–Trinajstić information content (AvgIpc) is 2.40. The molecule has 1 saturated carbocycles. The smallest absolute Gasteiger partial charge is 0.211 e. The Bertz CT molecular complexity index is 507. The fraction of sp³-hybridized carbons (Fsp3) is 0.571. The molecule has 1 aliphatic rings. The maximum absolute atomic E-state index is 12.8. The lowest BCUT2D eigenvalue weighted by atomic mass is 9.97. The minimum Gasteiger partial charge on any atom is -0.238 e. The van der Waals surface area contributed by atoms with Gasteiger partial charge in [-0.1, -0.05) is 24.1 Å². The Labute approximate surface area is 114 Å². The Morgan fingerprint density at radius 3 is 2.16 bits per heavy atom. The van der Waals surface area contributed by atoms with Crippen molar-refractivity contribution in [3.05, 3.63) is 29.8 Å². The fourth-order valence-corrected chi connectivity index (χ4v) is 4.48. The van der Waals surface area contributed by atoms with E-state index in [0.717, 1.165) is 24.8 Å². The molecule has 0 spiro atoms. The number of benzene rings is 1. The number of sulfone groups is 1. The van der Waals surface area contributed by atoms with Gasteiger partial charge in [0.15, 0.2) is 0 Å². The van der Waals surface area contributed by atoms with Gasteiger partial charge in [0.05, 0.1) is 12.0 Å². The van der Waals surface area contributed by atoms with Crippen molar-refractivity contribution >= 4 is 9.84 Å². The minimum atomic E-state index is -3.55. The molecule has 2 rings (SSSR count). The van der Waals surface area contributed by atoms with Crippen LogP contribution in [0.15, 0.2) is 29.2 Å².